The number of halogens is 1. The Kier molecular flexibility index (Phi) is 3.74. The van der Waals surface area contributed by atoms with Crippen LogP contribution in [0.5, 0.6) is 0 Å². The van der Waals surface area contributed by atoms with Gasteiger partial charge in [0.1, 0.15) is 5.15 Å². The molecule has 1 aliphatic heterocycles. The summed E-state index contributed by atoms with van der Waals surface area (Å²) in [7, 11) is 0. The van der Waals surface area contributed by atoms with Crippen LogP contribution in [0.4, 0.5) is 0 Å². The highest BCUT2D eigenvalue weighted by Crippen LogP contribution is 2.12. The monoisotopic (exact) mass is 239 g/mol. The SMILES string of the molecule is O=C(NCC1CCNC1)c1cccnc1Cl. The van der Waals surface area contributed by atoms with E-state index in [0.29, 0.717) is 18.0 Å². The molecule has 1 fully saturated rings. The first-order valence-electron chi connectivity index (χ1n) is 5.37. The zero-order valence-electron chi connectivity index (χ0n) is 8.87. The van der Waals surface area contributed by atoms with E-state index in [1.165, 1.54) is 0 Å². The van der Waals surface area contributed by atoms with E-state index < -0.39 is 0 Å². The molecule has 1 unspecified atom stereocenters. The molecule has 4 nitrogen and oxygen atoms in total. The Morgan fingerprint density at radius 2 is 2.56 bits per heavy atom. The van der Waals surface area contributed by atoms with Crippen LogP contribution >= 0.6 is 11.6 Å². The van der Waals surface area contributed by atoms with Gasteiger partial charge in [0.2, 0.25) is 0 Å². The first-order chi connectivity index (χ1) is 7.77. The molecule has 0 aromatic carbocycles. The Balaban J connectivity index is 1.90. The number of hydrogen-bond donors (Lipinski definition) is 2. The number of nitrogens with one attached hydrogen (secondary N) is 2. The van der Waals surface area contributed by atoms with Gasteiger partial charge in [0.15, 0.2) is 0 Å². The summed E-state index contributed by atoms with van der Waals surface area (Å²) < 4.78 is 0. The Hall–Kier alpha value is -1.13. The third-order valence-corrected chi connectivity index (χ3v) is 3.02. The quantitative estimate of drug-likeness (QED) is 0.776. The van der Waals surface area contributed by atoms with E-state index in [4.69, 9.17) is 11.6 Å². The van der Waals surface area contributed by atoms with Crippen molar-refractivity contribution in [1.29, 1.82) is 0 Å². The lowest BCUT2D eigenvalue weighted by Crippen LogP contribution is -2.30. The van der Waals surface area contributed by atoms with Crippen molar-refractivity contribution in [2.45, 2.75) is 6.42 Å². The molecule has 0 bridgehead atoms. The van der Waals surface area contributed by atoms with E-state index in [1.54, 1.807) is 18.3 Å². The Labute approximate surface area is 99.4 Å². The number of amides is 1. The minimum Gasteiger partial charge on any atom is -0.352 e. The second-order valence-electron chi connectivity index (χ2n) is 3.91. The van der Waals surface area contributed by atoms with E-state index in [2.05, 4.69) is 15.6 Å². The molecule has 1 aromatic rings. The van der Waals surface area contributed by atoms with E-state index in [1.807, 2.05) is 0 Å². The zero-order chi connectivity index (χ0) is 11.4. The van der Waals surface area contributed by atoms with E-state index >= 15 is 0 Å². The maximum Gasteiger partial charge on any atom is 0.254 e. The standard InChI is InChI=1S/C11H14ClN3O/c12-10-9(2-1-4-14-10)11(16)15-7-8-3-5-13-6-8/h1-2,4,8,13H,3,5-7H2,(H,15,16). The molecule has 0 aliphatic carbocycles. The lowest BCUT2D eigenvalue weighted by Gasteiger charge is -2.10. The topological polar surface area (TPSA) is 54.0 Å². The van der Waals surface area contributed by atoms with E-state index in [-0.39, 0.29) is 11.1 Å². The number of aromatic nitrogens is 1. The fourth-order valence-corrected chi connectivity index (χ4v) is 1.98. The van der Waals surface area contributed by atoms with Crippen LogP contribution in [0.3, 0.4) is 0 Å². The van der Waals surface area contributed by atoms with Crippen molar-refractivity contribution in [1.82, 2.24) is 15.6 Å². The lowest BCUT2D eigenvalue weighted by atomic mass is 10.1. The minimum atomic E-state index is -0.148. The molecule has 1 amide bonds. The Morgan fingerprint density at radius 3 is 3.25 bits per heavy atom. The number of pyridine rings is 1. The second-order valence-corrected chi connectivity index (χ2v) is 4.27. The van der Waals surface area contributed by atoms with Gasteiger partial charge in [0.25, 0.3) is 5.91 Å². The molecule has 1 atom stereocenters. The van der Waals surface area contributed by atoms with Gasteiger partial charge >= 0.3 is 0 Å². The van der Waals surface area contributed by atoms with Gasteiger partial charge in [-0.25, -0.2) is 4.98 Å². The molecule has 1 aliphatic rings. The van der Waals surface area contributed by atoms with Crippen LogP contribution in [0.15, 0.2) is 18.3 Å². The highest BCUT2D eigenvalue weighted by Gasteiger charge is 2.16. The van der Waals surface area contributed by atoms with Crippen molar-refractivity contribution in [2.75, 3.05) is 19.6 Å². The van der Waals surface area contributed by atoms with Crippen molar-refractivity contribution < 1.29 is 4.79 Å². The van der Waals surface area contributed by atoms with Crippen LogP contribution in [-0.4, -0.2) is 30.5 Å². The van der Waals surface area contributed by atoms with Crippen LogP contribution < -0.4 is 10.6 Å². The predicted octanol–water partition coefficient (Wildman–Crippen LogP) is 1.07. The summed E-state index contributed by atoms with van der Waals surface area (Å²) in [5.74, 6) is 0.379. The molecular weight excluding hydrogens is 226 g/mol. The van der Waals surface area contributed by atoms with E-state index in [9.17, 15) is 4.79 Å². The zero-order valence-corrected chi connectivity index (χ0v) is 9.63. The average Bonchev–Trinajstić information content (AvgIpc) is 2.79. The smallest absolute Gasteiger partial charge is 0.254 e. The third kappa shape index (κ3) is 2.71. The van der Waals surface area contributed by atoms with Crippen molar-refractivity contribution in [3.8, 4) is 0 Å². The molecular formula is C11H14ClN3O. The van der Waals surface area contributed by atoms with Gasteiger partial charge in [0, 0.05) is 12.7 Å². The van der Waals surface area contributed by atoms with Gasteiger partial charge < -0.3 is 10.6 Å². The number of hydrogen-bond acceptors (Lipinski definition) is 3. The molecule has 5 heteroatoms. The molecule has 1 saturated heterocycles. The summed E-state index contributed by atoms with van der Waals surface area (Å²) in [5.41, 5.74) is 0.440. The molecule has 0 saturated carbocycles. The number of carbonyl (C=O) groups excluding carboxylic acids is 1. The molecule has 0 radical (unpaired) electrons. The van der Waals surface area contributed by atoms with Gasteiger partial charge in [-0.1, -0.05) is 11.6 Å². The Morgan fingerprint density at radius 1 is 1.69 bits per heavy atom. The summed E-state index contributed by atoms with van der Waals surface area (Å²) in [6.07, 6.45) is 2.68. The number of carbonyl (C=O) groups is 1. The van der Waals surface area contributed by atoms with Crippen LogP contribution in [-0.2, 0) is 0 Å². The maximum absolute atomic E-state index is 11.8. The fourth-order valence-electron chi connectivity index (χ4n) is 1.78. The highest BCUT2D eigenvalue weighted by molar-refractivity contribution is 6.32. The summed E-state index contributed by atoms with van der Waals surface area (Å²) in [5, 5.41) is 6.39. The molecule has 2 rings (SSSR count). The number of rotatable bonds is 3. The first kappa shape index (κ1) is 11.4. The van der Waals surface area contributed by atoms with Crippen LogP contribution in [0, 0.1) is 5.92 Å². The van der Waals surface area contributed by atoms with Gasteiger partial charge in [0.05, 0.1) is 5.56 Å². The molecule has 1 aromatic heterocycles. The Bertz CT molecular complexity index is 377. The van der Waals surface area contributed by atoms with Gasteiger partial charge in [-0.15, -0.1) is 0 Å². The fraction of sp³-hybridized carbons (Fsp3) is 0.455. The summed E-state index contributed by atoms with van der Waals surface area (Å²) in [6, 6.07) is 3.38. The minimum absolute atomic E-state index is 0.148. The van der Waals surface area contributed by atoms with Gasteiger partial charge in [-0.05, 0) is 37.6 Å². The van der Waals surface area contributed by atoms with Crippen LogP contribution in [0.2, 0.25) is 5.15 Å². The van der Waals surface area contributed by atoms with Crippen molar-refractivity contribution in [2.24, 2.45) is 5.92 Å². The second kappa shape index (κ2) is 5.27. The molecule has 2 heterocycles. The normalized spacial score (nSPS) is 19.7. The van der Waals surface area contributed by atoms with Crippen molar-refractivity contribution in [3.05, 3.63) is 29.0 Å². The molecule has 86 valence electrons. The largest absolute Gasteiger partial charge is 0.352 e. The van der Waals surface area contributed by atoms with Crippen LogP contribution in [0.25, 0.3) is 0 Å². The van der Waals surface area contributed by atoms with Crippen molar-refractivity contribution >= 4 is 17.5 Å². The maximum atomic E-state index is 11.8. The average molecular weight is 240 g/mol. The molecule has 16 heavy (non-hydrogen) atoms. The summed E-state index contributed by atoms with van der Waals surface area (Å²) >= 11 is 5.83. The summed E-state index contributed by atoms with van der Waals surface area (Å²) in [4.78, 5) is 15.6. The lowest BCUT2D eigenvalue weighted by molar-refractivity contribution is 0.0948. The first-order valence-corrected chi connectivity index (χ1v) is 5.74. The van der Waals surface area contributed by atoms with Crippen molar-refractivity contribution in [3.63, 3.8) is 0 Å². The highest BCUT2D eigenvalue weighted by atomic mass is 35.5. The molecule has 2 N–H and O–H groups in total. The predicted molar refractivity (Wildman–Crippen MR) is 62.6 cm³/mol. The number of nitrogens with zero attached hydrogens (tertiary/aromatic N) is 1. The molecule has 0 spiro atoms. The van der Waals surface area contributed by atoms with E-state index in [0.717, 1.165) is 19.5 Å². The van der Waals surface area contributed by atoms with Crippen LogP contribution in [0.1, 0.15) is 16.8 Å². The van der Waals surface area contributed by atoms with Gasteiger partial charge in [-0.3, -0.25) is 4.79 Å². The van der Waals surface area contributed by atoms with Gasteiger partial charge in [-0.2, -0.15) is 0 Å². The third-order valence-electron chi connectivity index (χ3n) is 2.72. The summed E-state index contributed by atoms with van der Waals surface area (Å²) in [6.45, 7) is 2.70.